The zero-order valence-electron chi connectivity index (χ0n) is 16.8. The Morgan fingerprint density at radius 3 is 2.56 bits per heavy atom. The van der Waals surface area contributed by atoms with Crippen LogP contribution >= 0.6 is 11.3 Å². The number of hydrogen-bond acceptors (Lipinski definition) is 6. The molecule has 158 valence electrons. The SMILES string of the molecule is O=C1NC(=O)c2ccc(-c3csc4ccccc34)cc2/C1=C\NCc1ccc(O)c(O)c1. The topological polar surface area (TPSA) is 98.7 Å². The van der Waals surface area contributed by atoms with Gasteiger partial charge in [-0.3, -0.25) is 14.9 Å². The number of rotatable bonds is 4. The van der Waals surface area contributed by atoms with E-state index >= 15 is 0 Å². The first kappa shape index (κ1) is 19.8. The van der Waals surface area contributed by atoms with Gasteiger partial charge in [0.15, 0.2) is 11.5 Å². The summed E-state index contributed by atoms with van der Waals surface area (Å²) in [5.41, 5.74) is 4.06. The van der Waals surface area contributed by atoms with E-state index in [4.69, 9.17) is 0 Å². The third-order valence-electron chi connectivity index (χ3n) is 5.41. The van der Waals surface area contributed by atoms with Gasteiger partial charge in [0, 0.05) is 39.5 Å². The molecule has 1 aliphatic rings. The Bertz CT molecular complexity index is 1420. The van der Waals surface area contributed by atoms with Crippen LogP contribution in [0.25, 0.3) is 26.8 Å². The van der Waals surface area contributed by atoms with Crippen molar-refractivity contribution in [1.82, 2.24) is 10.6 Å². The smallest absolute Gasteiger partial charge is 0.260 e. The highest BCUT2D eigenvalue weighted by Gasteiger charge is 2.27. The molecule has 0 radical (unpaired) electrons. The molecule has 6 nitrogen and oxygen atoms in total. The highest BCUT2D eigenvalue weighted by atomic mass is 32.1. The fourth-order valence-electron chi connectivity index (χ4n) is 3.79. The van der Waals surface area contributed by atoms with Gasteiger partial charge in [-0.2, -0.15) is 0 Å². The van der Waals surface area contributed by atoms with Crippen LogP contribution in [0.3, 0.4) is 0 Å². The van der Waals surface area contributed by atoms with Crippen molar-refractivity contribution in [3.8, 4) is 22.6 Å². The van der Waals surface area contributed by atoms with Gasteiger partial charge in [0.2, 0.25) is 0 Å². The number of phenols is 2. The van der Waals surface area contributed by atoms with Gasteiger partial charge < -0.3 is 15.5 Å². The van der Waals surface area contributed by atoms with Crippen molar-refractivity contribution in [1.29, 1.82) is 0 Å². The summed E-state index contributed by atoms with van der Waals surface area (Å²) in [4.78, 5) is 25.0. The van der Waals surface area contributed by atoms with E-state index in [9.17, 15) is 19.8 Å². The van der Waals surface area contributed by atoms with Gasteiger partial charge in [-0.25, -0.2) is 0 Å². The highest BCUT2D eigenvalue weighted by molar-refractivity contribution is 7.17. The molecule has 1 aromatic heterocycles. The number of imide groups is 1. The van der Waals surface area contributed by atoms with Crippen LogP contribution < -0.4 is 10.6 Å². The monoisotopic (exact) mass is 442 g/mol. The third-order valence-corrected chi connectivity index (χ3v) is 6.37. The van der Waals surface area contributed by atoms with Crippen molar-refractivity contribution in [3.63, 3.8) is 0 Å². The van der Waals surface area contributed by atoms with Crippen molar-refractivity contribution < 1.29 is 19.8 Å². The average molecular weight is 442 g/mol. The molecule has 4 aromatic rings. The average Bonchev–Trinajstić information content (AvgIpc) is 3.22. The minimum atomic E-state index is -0.476. The van der Waals surface area contributed by atoms with Crippen LogP contribution in [0, 0.1) is 0 Å². The Balaban J connectivity index is 1.51. The molecule has 7 heteroatoms. The van der Waals surface area contributed by atoms with Crippen LogP contribution in [0.2, 0.25) is 0 Å². The Morgan fingerprint density at radius 2 is 1.72 bits per heavy atom. The molecule has 0 atom stereocenters. The molecular formula is C25H18N2O4S. The van der Waals surface area contributed by atoms with Gasteiger partial charge >= 0.3 is 0 Å². The maximum absolute atomic E-state index is 12.6. The van der Waals surface area contributed by atoms with Crippen molar-refractivity contribution in [2.75, 3.05) is 0 Å². The summed E-state index contributed by atoms with van der Waals surface area (Å²) in [6.45, 7) is 0.322. The number of carbonyl (C=O) groups is 2. The Morgan fingerprint density at radius 1 is 0.875 bits per heavy atom. The molecule has 2 amide bonds. The lowest BCUT2D eigenvalue weighted by Gasteiger charge is -2.19. The van der Waals surface area contributed by atoms with E-state index in [1.54, 1.807) is 29.7 Å². The fourth-order valence-corrected chi connectivity index (χ4v) is 4.76. The second-order valence-electron chi connectivity index (χ2n) is 7.45. The lowest BCUT2D eigenvalue weighted by Crippen LogP contribution is -2.37. The standard InChI is InChI=1S/C25H18N2O4S/c28-21-8-5-14(9-22(21)29)11-26-12-19-18-10-15(6-7-17(18)24(30)27-25(19)31)20-13-32-23-4-2-1-3-16(20)23/h1-10,12-13,26,28-29H,11H2,(H,27,30,31)/b19-12+. The minimum absolute atomic E-state index is 0.195. The van der Waals surface area contributed by atoms with E-state index in [0.717, 1.165) is 22.1 Å². The number of fused-ring (bicyclic) bond motifs is 2. The second kappa shape index (κ2) is 7.86. The zero-order chi connectivity index (χ0) is 22.2. The Hall–Kier alpha value is -4.10. The fraction of sp³-hybridized carbons (Fsp3) is 0.0400. The van der Waals surface area contributed by atoms with E-state index < -0.39 is 11.8 Å². The van der Waals surface area contributed by atoms with E-state index in [1.807, 2.05) is 24.3 Å². The van der Waals surface area contributed by atoms with Crippen LogP contribution in [0.5, 0.6) is 11.5 Å². The number of carbonyl (C=O) groups excluding carboxylic acids is 2. The van der Waals surface area contributed by atoms with Crippen molar-refractivity contribution in [2.45, 2.75) is 6.54 Å². The number of nitrogens with one attached hydrogen (secondary N) is 2. The highest BCUT2D eigenvalue weighted by Crippen LogP contribution is 2.36. The van der Waals surface area contributed by atoms with Crippen molar-refractivity contribution in [3.05, 3.63) is 88.9 Å². The van der Waals surface area contributed by atoms with E-state index in [-0.39, 0.29) is 11.5 Å². The van der Waals surface area contributed by atoms with E-state index in [1.165, 1.54) is 16.8 Å². The van der Waals surface area contributed by atoms with Crippen LogP contribution in [0.4, 0.5) is 0 Å². The summed E-state index contributed by atoms with van der Waals surface area (Å²) >= 11 is 1.65. The molecule has 1 aliphatic heterocycles. The van der Waals surface area contributed by atoms with Gasteiger partial charge in [-0.1, -0.05) is 30.3 Å². The molecule has 0 fully saturated rings. The molecule has 0 aliphatic carbocycles. The molecule has 2 heterocycles. The summed E-state index contributed by atoms with van der Waals surface area (Å²) in [5.74, 6) is -1.31. The van der Waals surface area contributed by atoms with Gasteiger partial charge in [0.05, 0.1) is 5.57 Å². The van der Waals surface area contributed by atoms with Crippen molar-refractivity contribution in [2.24, 2.45) is 0 Å². The predicted octanol–water partition coefficient (Wildman–Crippen LogP) is 4.38. The molecule has 3 aromatic carbocycles. The molecule has 0 spiro atoms. The maximum atomic E-state index is 12.6. The second-order valence-corrected chi connectivity index (χ2v) is 8.36. The molecule has 4 N–H and O–H groups in total. The molecule has 0 bridgehead atoms. The summed E-state index contributed by atoms with van der Waals surface area (Å²) in [6, 6.07) is 18.1. The minimum Gasteiger partial charge on any atom is -0.504 e. The molecule has 0 unspecified atom stereocenters. The van der Waals surface area contributed by atoms with Crippen molar-refractivity contribution >= 4 is 38.8 Å². The summed E-state index contributed by atoms with van der Waals surface area (Å²) in [6.07, 6.45) is 1.57. The Labute approximate surface area is 187 Å². The first-order valence-corrected chi connectivity index (χ1v) is 10.8. The van der Waals surface area contributed by atoms with Crippen LogP contribution in [-0.2, 0) is 11.3 Å². The largest absolute Gasteiger partial charge is 0.504 e. The lowest BCUT2D eigenvalue weighted by atomic mass is 9.91. The molecule has 0 saturated heterocycles. The number of phenolic OH excluding ortho intramolecular Hbond substituents is 2. The van der Waals surface area contributed by atoms with Gasteiger partial charge in [0.25, 0.3) is 11.8 Å². The third kappa shape index (κ3) is 3.48. The first-order chi connectivity index (χ1) is 15.5. The van der Waals surface area contributed by atoms with E-state index in [2.05, 4.69) is 28.1 Å². The molecule has 0 saturated carbocycles. The lowest BCUT2D eigenvalue weighted by molar-refractivity contribution is -0.114. The number of benzene rings is 3. The van der Waals surface area contributed by atoms with Gasteiger partial charge in [0.1, 0.15) is 0 Å². The molecule has 32 heavy (non-hydrogen) atoms. The Kier molecular flexibility index (Phi) is 4.88. The van der Waals surface area contributed by atoms with E-state index in [0.29, 0.717) is 23.2 Å². The normalized spacial score (nSPS) is 14.4. The van der Waals surface area contributed by atoms with Crippen LogP contribution in [0.15, 0.2) is 72.2 Å². The molecular weight excluding hydrogens is 424 g/mol. The number of aromatic hydroxyl groups is 2. The van der Waals surface area contributed by atoms with Gasteiger partial charge in [-0.15, -0.1) is 11.3 Å². The first-order valence-electron chi connectivity index (χ1n) is 9.92. The quantitative estimate of drug-likeness (QED) is 0.214. The van der Waals surface area contributed by atoms with Crippen LogP contribution in [-0.4, -0.2) is 22.0 Å². The maximum Gasteiger partial charge on any atom is 0.260 e. The summed E-state index contributed by atoms with van der Waals surface area (Å²) in [5, 5.41) is 27.7. The number of hydrogen-bond donors (Lipinski definition) is 4. The summed E-state index contributed by atoms with van der Waals surface area (Å²) < 4.78 is 1.17. The number of amides is 2. The summed E-state index contributed by atoms with van der Waals surface area (Å²) in [7, 11) is 0. The zero-order valence-corrected chi connectivity index (χ0v) is 17.6. The van der Waals surface area contributed by atoms with Gasteiger partial charge in [-0.05, 0) is 46.8 Å². The predicted molar refractivity (Wildman–Crippen MR) is 124 cm³/mol. The number of thiophene rings is 1. The molecule has 5 rings (SSSR count). The van der Waals surface area contributed by atoms with Crippen LogP contribution in [0.1, 0.15) is 21.5 Å².